The number of fused-ring (bicyclic) bond motifs is 1. The fraction of sp³-hybridized carbons (Fsp3) is 0.847. The van der Waals surface area contributed by atoms with E-state index in [1.807, 2.05) is 121 Å². The van der Waals surface area contributed by atoms with Gasteiger partial charge < -0.3 is 48.1 Å². The summed E-state index contributed by atoms with van der Waals surface area (Å²) < 4.78 is 79.7. The van der Waals surface area contributed by atoms with E-state index in [1.165, 1.54) is 56.9 Å². The molecule has 3 saturated heterocycles. The lowest BCUT2D eigenvalue weighted by molar-refractivity contribution is -0.264. The summed E-state index contributed by atoms with van der Waals surface area (Å²) in [6.45, 7) is 48.5. The molecule has 105 heavy (non-hydrogen) atoms. The van der Waals surface area contributed by atoms with Crippen LogP contribution in [-0.2, 0) is 72.1 Å². The number of aliphatic hydroxyl groups is 2. The van der Waals surface area contributed by atoms with Crippen molar-refractivity contribution in [3.8, 4) is 5.75 Å². The van der Waals surface area contributed by atoms with Gasteiger partial charge in [-0.05, 0) is 258 Å². The van der Waals surface area contributed by atoms with Gasteiger partial charge in [-0.25, -0.2) is 0 Å². The number of rotatable bonds is 23. The maximum absolute atomic E-state index is 12.5. The van der Waals surface area contributed by atoms with Crippen molar-refractivity contribution in [1.29, 1.82) is 0 Å². The Morgan fingerprint density at radius 2 is 1.00 bits per heavy atom. The molecule has 17 nitrogen and oxygen atoms in total. The summed E-state index contributed by atoms with van der Waals surface area (Å²) in [5.41, 5.74) is -4.12. The van der Waals surface area contributed by atoms with Crippen molar-refractivity contribution in [3.05, 3.63) is 29.8 Å². The van der Waals surface area contributed by atoms with Crippen LogP contribution in [0, 0.1) is 73.9 Å². The quantitative estimate of drug-likeness (QED) is 0.0589. The zero-order chi connectivity index (χ0) is 79.9. The van der Waals surface area contributed by atoms with Gasteiger partial charge in [-0.15, -0.1) is 0 Å². The Kier molecular flexibility index (Phi) is 30.3. The first kappa shape index (κ1) is 90.8. The zero-order valence-electron chi connectivity index (χ0n) is 69.2. The van der Waals surface area contributed by atoms with E-state index < -0.39 is 68.9 Å². The molecule has 0 spiro atoms. The van der Waals surface area contributed by atoms with Gasteiger partial charge in [0.25, 0.3) is 0 Å². The molecule has 3 aliphatic heterocycles. The fourth-order valence-corrected chi connectivity index (χ4v) is 15.8. The predicted octanol–water partition coefficient (Wildman–Crippen LogP) is 18.8. The molecule has 0 amide bonds. The minimum absolute atomic E-state index is 0.0185. The minimum Gasteiger partial charge on any atom is -0.465 e. The second-order valence-electron chi connectivity index (χ2n) is 37.9. The highest BCUT2D eigenvalue weighted by Gasteiger charge is 2.67. The van der Waals surface area contributed by atoms with E-state index in [-0.39, 0.29) is 81.7 Å². The van der Waals surface area contributed by atoms with Crippen molar-refractivity contribution >= 4 is 41.8 Å². The number of ether oxygens (including phenoxy) is 8. The van der Waals surface area contributed by atoms with Gasteiger partial charge in [-0.3, -0.25) is 33.6 Å². The molecule has 8 aliphatic carbocycles. The maximum atomic E-state index is 12.5. The third-order valence-corrected chi connectivity index (χ3v) is 25.7. The number of hydrogen-bond donors (Lipinski definition) is 2. The summed E-state index contributed by atoms with van der Waals surface area (Å²) in [7, 11) is 0. The average Bonchev–Trinajstić information content (AvgIpc) is 0.890. The first-order valence-electron chi connectivity index (χ1n) is 39.9. The molecule has 9 atom stereocenters. The van der Waals surface area contributed by atoms with E-state index in [9.17, 15) is 56.9 Å². The van der Waals surface area contributed by atoms with E-state index in [0.29, 0.717) is 68.6 Å². The van der Waals surface area contributed by atoms with E-state index in [1.54, 1.807) is 20.8 Å². The Morgan fingerprint density at radius 1 is 0.552 bits per heavy atom. The molecule has 0 radical (unpaired) electrons. The number of carbonyl (C=O) groups excluding carboxylic acids is 7. The van der Waals surface area contributed by atoms with Crippen LogP contribution < -0.4 is 4.74 Å². The molecule has 11 fully saturated rings. The van der Waals surface area contributed by atoms with Gasteiger partial charge in [0.2, 0.25) is 0 Å². The number of halogens is 3. The molecule has 9 unspecified atom stereocenters. The van der Waals surface area contributed by atoms with Crippen LogP contribution in [0.3, 0.4) is 0 Å². The van der Waals surface area contributed by atoms with Crippen LogP contribution in [0.5, 0.6) is 5.75 Å². The Labute approximate surface area is 628 Å². The lowest BCUT2D eigenvalue weighted by atomic mass is 9.50. The first-order chi connectivity index (χ1) is 48.1. The van der Waals surface area contributed by atoms with Crippen LogP contribution in [0.15, 0.2) is 24.3 Å². The molecule has 8 saturated carbocycles. The number of carbonyl (C=O) groups is 7. The lowest BCUT2D eigenvalue weighted by Crippen LogP contribution is -2.67. The second-order valence-corrected chi connectivity index (χ2v) is 37.9. The van der Waals surface area contributed by atoms with Gasteiger partial charge in [0.1, 0.15) is 23.1 Å². The van der Waals surface area contributed by atoms with Crippen LogP contribution in [-0.4, -0.2) is 118 Å². The lowest BCUT2D eigenvalue weighted by Gasteiger charge is -2.62. The standard InChI is InChI=1S/C17H28O2.C16H26O4.C16H24O2.C14H28O2.C13H18O5.C9H15F3O2/c1-5-16(2,3)15(18)19-17(4)13-7-11-6-12(9-13)10-14(17)8-11;1-4-13(2,3)12(17)20-16-7-11-5-14(18,9-16)8-15(19,6-11)10-16;1-7-16(5,6)14(17)18-13-10-8-12(9-11-13)15(2,3)4;1-6-9-10-12(7-2)11-16-13(15)14(4,5)8-3;1-4-13(2,3)12(15)18-9-7-5-6-8(16-7)10(9)17-11(6)14;1-5-8(3,4)7(13)14-6(2)9(10,11)12/h11-14H,5-10H2,1-4H3;11,18-19H,4-10H2,1-3H3;8-11H,7H2,1-6H3;12H,6-11H2,1-5H3;6-10H,4-5H2,1-3H3;6H,5H2,1-4H3. The Hall–Kier alpha value is -4.82. The van der Waals surface area contributed by atoms with Crippen LogP contribution in [0.25, 0.3) is 0 Å². The van der Waals surface area contributed by atoms with E-state index in [4.69, 9.17) is 33.2 Å². The van der Waals surface area contributed by atoms with Crippen LogP contribution in [0.2, 0.25) is 0 Å². The average molecular weight is 1490 g/mol. The molecule has 20 heteroatoms. The van der Waals surface area contributed by atoms with Gasteiger partial charge in [-0.1, -0.05) is 108 Å². The van der Waals surface area contributed by atoms with Crippen molar-refractivity contribution in [2.24, 2.45) is 73.9 Å². The summed E-state index contributed by atoms with van der Waals surface area (Å²) in [5.74, 6) is 2.72. The van der Waals surface area contributed by atoms with Gasteiger partial charge in [-0.2, -0.15) is 13.2 Å². The fourth-order valence-electron chi connectivity index (χ4n) is 15.8. The van der Waals surface area contributed by atoms with Gasteiger partial charge in [0.05, 0.1) is 62.3 Å². The summed E-state index contributed by atoms with van der Waals surface area (Å²) in [4.78, 5) is 83.4. The van der Waals surface area contributed by atoms with E-state index in [0.717, 1.165) is 70.1 Å². The van der Waals surface area contributed by atoms with Crippen molar-refractivity contribution in [2.45, 2.75) is 379 Å². The Morgan fingerprint density at radius 3 is 1.44 bits per heavy atom. The Balaban J connectivity index is 0.000000227. The monoisotopic (exact) mass is 1490 g/mol. The topological polar surface area (TPSA) is 234 Å². The Bertz CT molecular complexity index is 3040. The third-order valence-electron chi connectivity index (χ3n) is 25.7. The van der Waals surface area contributed by atoms with E-state index in [2.05, 4.69) is 53.2 Å². The highest BCUT2D eigenvalue weighted by Crippen LogP contribution is 2.62. The number of unbranched alkanes of at least 4 members (excludes halogenated alkanes) is 1. The smallest absolute Gasteiger partial charge is 0.425 e. The van der Waals surface area contributed by atoms with Crippen LogP contribution >= 0.6 is 0 Å². The van der Waals surface area contributed by atoms with Crippen molar-refractivity contribution in [3.63, 3.8) is 0 Å². The van der Waals surface area contributed by atoms with Crippen molar-refractivity contribution in [1.82, 2.24) is 0 Å². The summed E-state index contributed by atoms with van der Waals surface area (Å²) in [6, 6.07) is 7.76. The van der Waals surface area contributed by atoms with Crippen LogP contribution in [0.4, 0.5) is 13.2 Å². The van der Waals surface area contributed by atoms with Crippen molar-refractivity contribution < 1.29 is 94.8 Å². The molecule has 11 aliphatic rings. The molecule has 602 valence electrons. The van der Waals surface area contributed by atoms with Crippen molar-refractivity contribution in [2.75, 3.05) is 6.61 Å². The van der Waals surface area contributed by atoms with Gasteiger partial charge >= 0.3 is 48.0 Å². The number of hydrogen-bond acceptors (Lipinski definition) is 17. The molecule has 3 heterocycles. The normalized spacial score (nSPS) is 30.1. The molecule has 0 aromatic heterocycles. The second kappa shape index (κ2) is 35.0. The molecule has 10 bridgehead atoms. The van der Waals surface area contributed by atoms with E-state index >= 15 is 0 Å². The number of alkyl halides is 3. The van der Waals surface area contributed by atoms with Crippen LogP contribution in [0.1, 0.15) is 320 Å². The largest absolute Gasteiger partial charge is 0.465 e. The number of benzene rings is 1. The highest BCUT2D eigenvalue weighted by molar-refractivity contribution is 5.80. The van der Waals surface area contributed by atoms with Gasteiger partial charge in [0.15, 0.2) is 18.3 Å². The highest BCUT2D eigenvalue weighted by atomic mass is 19.4. The molecule has 2 N–H and O–H groups in total. The third kappa shape index (κ3) is 23.1. The maximum Gasteiger partial charge on any atom is 0.425 e. The predicted molar refractivity (Wildman–Crippen MR) is 399 cm³/mol. The molecular formula is C85H139F3O17. The molecule has 1 aromatic rings. The summed E-state index contributed by atoms with van der Waals surface area (Å²) in [6.07, 6.45) is 12.3. The molecule has 1 aromatic carbocycles. The summed E-state index contributed by atoms with van der Waals surface area (Å²) in [5, 5.41) is 21.3. The summed E-state index contributed by atoms with van der Waals surface area (Å²) >= 11 is 0. The minimum atomic E-state index is -4.49. The first-order valence-corrected chi connectivity index (χ1v) is 39.9. The number of esters is 7. The van der Waals surface area contributed by atoms with Gasteiger partial charge in [0, 0.05) is 19.3 Å². The SMILES string of the molecule is CCC(C)(C)C(=O)OC(C)C(F)(F)F.CCC(C)(C)C(=O)OC1(C)C2CC3CC(C2)CC1C3.CCC(C)(C)C(=O)OC12CC3CC(O)(CC(O)(C3)C1)C2.CCC(C)(C)C(=O)OC1C2CC3C(=O)OC1C3O2.CCC(C)(C)C(=O)Oc1ccc(C(C)(C)C)cc1.CCCCC(CC)COC(=O)C(C)(C)CC. The molecular weight excluding hydrogens is 1350 g/mol. The molecule has 12 rings (SSSR count). The zero-order valence-corrected chi connectivity index (χ0v) is 69.2.